The predicted molar refractivity (Wildman–Crippen MR) is 192 cm³/mol. The first-order chi connectivity index (χ1) is 23.9. The van der Waals surface area contributed by atoms with Crippen molar-refractivity contribution in [2.45, 2.75) is 97.1 Å². The predicted octanol–water partition coefficient (Wildman–Crippen LogP) is 4.06. The van der Waals surface area contributed by atoms with E-state index in [0.717, 1.165) is 48.1 Å². The number of hydrogen-bond acceptors (Lipinski definition) is 11. The number of anilines is 1. The minimum Gasteiger partial charge on any atom is -0.480 e. The SMILES string of the molecule is CCCCCN1C=Nc2cccc3nc4c(c1c23)Cn1c-4cc2c(c1=O)COC(=O)[C@@]2(CC)OC(=O)CC[C@H](NC(=O)[C@@H](N)C(C)C)C(=O)O.Cl. The van der Waals surface area contributed by atoms with Crippen molar-refractivity contribution in [2.75, 3.05) is 11.4 Å². The molecule has 1 amide bonds. The largest absolute Gasteiger partial charge is 0.480 e. The Labute approximate surface area is 300 Å². The second-order valence-electron chi connectivity index (χ2n) is 13.4. The number of cyclic esters (lactones) is 1. The van der Waals surface area contributed by atoms with E-state index in [-0.39, 0.29) is 61.0 Å². The molecule has 15 heteroatoms. The maximum atomic E-state index is 14.2. The fraction of sp³-hybridized carbons (Fsp3) is 0.472. The minimum absolute atomic E-state index is 0. The number of hydrogen-bond donors (Lipinski definition) is 3. The summed E-state index contributed by atoms with van der Waals surface area (Å²) in [6.45, 7) is 7.93. The van der Waals surface area contributed by atoms with Gasteiger partial charge in [0.05, 0.1) is 58.2 Å². The molecular formula is C36H43ClN6O8. The van der Waals surface area contributed by atoms with Gasteiger partial charge in [-0.25, -0.2) is 19.6 Å². The smallest absolute Gasteiger partial charge is 0.355 e. The lowest BCUT2D eigenvalue weighted by atomic mass is 9.85. The summed E-state index contributed by atoms with van der Waals surface area (Å²) in [7, 11) is 0. The average molecular weight is 723 g/mol. The summed E-state index contributed by atoms with van der Waals surface area (Å²) >= 11 is 0. The molecule has 1 aromatic carbocycles. The van der Waals surface area contributed by atoms with Crippen LogP contribution in [-0.4, -0.2) is 63.4 Å². The zero-order chi connectivity index (χ0) is 35.9. The molecule has 0 saturated heterocycles. The van der Waals surface area contributed by atoms with Gasteiger partial charge in [0, 0.05) is 24.1 Å². The van der Waals surface area contributed by atoms with Crippen molar-refractivity contribution in [3.8, 4) is 11.4 Å². The van der Waals surface area contributed by atoms with Gasteiger partial charge in [0.2, 0.25) is 11.5 Å². The molecule has 6 rings (SSSR count). The van der Waals surface area contributed by atoms with Gasteiger partial charge in [-0.1, -0.05) is 46.6 Å². The molecule has 0 aliphatic carbocycles. The van der Waals surface area contributed by atoms with Gasteiger partial charge in [0.1, 0.15) is 12.6 Å². The summed E-state index contributed by atoms with van der Waals surface area (Å²) in [5.41, 5.74) is 8.32. The fourth-order valence-electron chi connectivity index (χ4n) is 6.90. The summed E-state index contributed by atoms with van der Waals surface area (Å²) in [6, 6.07) is 5.08. The molecule has 272 valence electrons. The van der Waals surface area contributed by atoms with Crippen molar-refractivity contribution in [2.24, 2.45) is 16.6 Å². The van der Waals surface area contributed by atoms with E-state index in [1.54, 1.807) is 31.4 Å². The Morgan fingerprint density at radius 3 is 2.61 bits per heavy atom. The molecule has 5 heterocycles. The lowest BCUT2D eigenvalue weighted by Crippen LogP contribution is -2.50. The Balaban J connectivity index is 0.00000504. The van der Waals surface area contributed by atoms with Crippen molar-refractivity contribution in [3.63, 3.8) is 0 Å². The zero-order valence-corrected chi connectivity index (χ0v) is 29.9. The second kappa shape index (κ2) is 14.8. The number of halogens is 1. The molecule has 3 atom stereocenters. The maximum Gasteiger partial charge on any atom is 0.355 e. The Bertz CT molecular complexity index is 1990. The van der Waals surface area contributed by atoms with Crippen LogP contribution in [0.5, 0.6) is 0 Å². The first-order valence-corrected chi connectivity index (χ1v) is 17.1. The molecule has 2 aromatic heterocycles. The van der Waals surface area contributed by atoms with Crippen LogP contribution in [0.2, 0.25) is 0 Å². The fourth-order valence-corrected chi connectivity index (χ4v) is 6.90. The van der Waals surface area contributed by atoms with Gasteiger partial charge in [-0.2, -0.15) is 0 Å². The number of aliphatic imine (C=N–C) groups is 1. The molecule has 0 saturated carbocycles. The van der Waals surface area contributed by atoms with Crippen LogP contribution < -0.4 is 21.5 Å². The van der Waals surface area contributed by atoms with Gasteiger partial charge in [-0.15, -0.1) is 12.4 Å². The number of aliphatic carboxylic acids is 1. The topological polar surface area (TPSA) is 196 Å². The Kier molecular flexibility index (Phi) is 10.9. The molecule has 0 fully saturated rings. The Hall–Kier alpha value is -4.82. The normalized spacial score (nSPS) is 17.9. The van der Waals surface area contributed by atoms with Crippen molar-refractivity contribution in [1.29, 1.82) is 0 Å². The quantitative estimate of drug-likeness (QED) is 0.133. The summed E-state index contributed by atoms with van der Waals surface area (Å²) in [5.74, 6) is -3.97. The average Bonchev–Trinajstić information content (AvgIpc) is 3.47. The Morgan fingerprint density at radius 1 is 1.16 bits per heavy atom. The number of carbonyl (C=O) groups excluding carboxylic acids is 3. The lowest BCUT2D eigenvalue weighted by Gasteiger charge is -2.35. The van der Waals surface area contributed by atoms with Gasteiger partial charge < -0.3 is 35.1 Å². The highest BCUT2D eigenvalue weighted by Gasteiger charge is 2.50. The van der Waals surface area contributed by atoms with E-state index in [1.807, 2.05) is 24.5 Å². The molecule has 14 nitrogen and oxygen atoms in total. The number of carboxylic acids is 1. The van der Waals surface area contributed by atoms with Gasteiger partial charge >= 0.3 is 17.9 Å². The number of nitrogens with zero attached hydrogens (tertiary/aromatic N) is 4. The van der Waals surface area contributed by atoms with E-state index < -0.39 is 47.9 Å². The third-order valence-electron chi connectivity index (χ3n) is 9.82. The van der Waals surface area contributed by atoms with Crippen molar-refractivity contribution >= 4 is 64.8 Å². The molecule has 4 N–H and O–H groups in total. The molecule has 3 aliphatic rings. The van der Waals surface area contributed by atoms with Crippen molar-refractivity contribution in [1.82, 2.24) is 14.9 Å². The van der Waals surface area contributed by atoms with Crippen molar-refractivity contribution in [3.05, 3.63) is 51.3 Å². The van der Waals surface area contributed by atoms with E-state index >= 15 is 0 Å². The summed E-state index contributed by atoms with van der Waals surface area (Å²) in [5, 5.41) is 13.0. The van der Waals surface area contributed by atoms with Crippen LogP contribution >= 0.6 is 12.4 Å². The molecule has 3 aliphatic heterocycles. The van der Waals surface area contributed by atoms with Crippen molar-refractivity contribution < 1.29 is 33.8 Å². The van der Waals surface area contributed by atoms with E-state index in [2.05, 4.69) is 22.1 Å². The maximum absolute atomic E-state index is 14.2. The number of esters is 2. The van der Waals surface area contributed by atoms with E-state index in [1.165, 1.54) is 0 Å². The molecule has 51 heavy (non-hydrogen) atoms. The number of fused-ring (bicyclic) bond motifs is 5. The van der Waals surface area contributed by atoms with E-state index in [4.69, 9.17) is 20.2 Å². The Morgan fingerprint density at radius 2 is 1.92 bits per heavy atom. The second-order valence-corrected chi connectivity index (χ2v) is 13.4. The number of carbonyl (C=O) groups is 4. The number of amides is 1. The molecule has 0 unspecified atom stereocenters. The van der Waals surface area contributed by atoms with E-state index in [9.17, 15) is 29.1 Å². The standard InChI is InChI=1S/C36H42N6O8.ClH/c1-5-7-8-14-41-18-38-23-10-9-11-24-28(23)31(41)20-16-42-26(30(20)39-24)15-22-21(33(42)45)17-49-35(48)36(22,6-2)50-27(43)13-12-25(34(46)47)40-32(44)29(37)19(3)4;/h9-11,15,18-19,25,29H,5-8,12-14,16-17,37H2,1-4H3,(H,40,44)(H,46,47);1H/t25-,29-,36-;/m0./s1. The molecular weight excluding hydrogens is 680 g/mol. The van der Waals surface area contributed by atoms with Gasteiger partial charge in [-0.05, 0) is 43.4 Å². The lowest BCUT2D eigenvalue weighted by molar-refractivity contribution is -0.189. The number of benzene rings is 1. The van der Waals surface area contributed by atoms with Crippen LogP contribution in [0, 0.1) is 5.92 Å². The number of nitrogens with two attached hydrogens (primary N) is 1. The summed E-state index contributed by atoms with van der Waals surface area (Å²) in [4.78, 5) is 77.2. The van der Waals surface area contributed by atoms with Crippen LogP contribution in [0.15, 0.2) is 34.1 Å². The first kappa shape index (κ1) is 37.4. The molecule has 0 radical (unpaired) electrons. The summed E-state index contributed by atoms with van der Waals surface area (Å²) in [6.07, 6.45) is 4.09. The molecule has 0 bridgehead atoms. The highest BCUT2D eigenvalue weighted by atomic mass is 35.5. The third kappa shape index (κ3) is 6.58. The number of ether oxygens (including phenoxy) is 2. The number of rotatable bonds is 13. The van der Waals surface area contributed by atoms with Crippen LogP contribution in [-0.2, 0) is 47.4 Å². The van der Waals surface area contributed by atoms with Gasteiger partial charge in [0.15, 0.2) is 0 Å². The zero-order valence-electron chi connectivity index (χ0n) is 29.1. The highest BCUT2D eigenvalue weighted by molar-refractivity contribution is 6.11. The summed E-state index contributed by atoms with van der Waals surface area (Å²) < 4.78 is 12.9. The number of nitrogens with one attached hydrogen (secondary N) is 1. The van der Waals surface area contributed by atoms with Gasteiger partial charge in [0.25, 0.3) is 5.56 Å². The van der Waals surface area contributed by atoms with E-state index in [0.29, 0.717) is 16.9 Å². The first-order valence-electron chi connectivity index (χ1n) is 17.1. The number of pyridine rings is 2. The molecule has 3 aromatic rings. The van der Waals surface area contributed by atoms with Crippen LogP contribution in [0.25, 0.3) is 22.3 Å². The highest BCUT2D eigenvalue weighted by Crippen LogP contribution is 2.47. The van der Waals surface area contributed by atoms with Crippen LogP contribution in [0.4, 0.5) is 11.4 Å². The van der Waals surface area contributed by atoms with Crippen LogP contribution in [0.3, 0.4) is 0 Å². The number of unbranched alkanes of at least 4 members (excludes halogenated alkanes) is 2. The monoisotopic (exact) mass is 722 g/mol. The van der Waals surface area contributed by atoms with Crippen LogP contribution in [0.1, 0.15) is 82.9 Å². The minimum atomic E-state index is -1.96. The van der Waals surface area contributed by atoms with Gasteiger partial charge in [-0.3, -0.25) is 14.4 Å². The molecule has 0 spiro atoms. The number of aromatic nitrogens is 2. The number of carboxylic acid groups (broad SMARTS) is 1. The third-order valence-corrected chi connectivity index (χ3v) is 9.82.